The number of aryl methyl sites for hydroxylation is 1. The molecule has 1 aliphatic carbocycles. The van der Waals surface area contributed by atoms with Gasteiger partial charge in [0, 0.05) is 30.0 Å². The molecule has 0 radical (unpaired) electrons. The molecule has 0 atom stereocenters. The minimum atomic E-state index is -0.656. The minimum absolute atomic E-state index is 0.432. The molecule has 4 rings (SSSR count). The van der Waals surface area contributed by atoms with E-state index in [9.17, 15) is 9.59 Å². The van der Waals surface area contributed by atoms with E-state index in [4.69, 9.17) is 0 Å². The van der Waals surface area contributed by atoms with Crippen molar-refractivity contribution >= 4 is 29.3 Å². The largest absolute Gasteiger partial charge is 0.338 e. The van der Waals surface area contributed by atoms with Gasteiger partial charge in [-0.1, -0.05) is 42.1 Å². The Kier molecular flexibility index (Phi) is 5.40. The fourth-order valence-electron chi connectivity index (χ4n) is 3.40. The maximum Gasteiger partial charge on any atom is 0.313 e. The molecule has 3 aromatic rings. The van der Waals surface area contributed by atoms with E-state index in [0.717, 1.165) is 34.9 Å². The zero-order valence-corrected chi connectivity index (χ0v) is 16.9. The molecule has 1 fully saturated rings. The Balaban J connectivity index is 1.37. The molecule has 2 aromatic carbocycles. The van der Waals surface area contributed by atoms with Crippen LogP contribution >= 0.6 is 11.8 Å². The van der Waals surface area contributed by atoms with Gasteiger partial charge in [0.05, 0.1) is 5.54 Å². The average Bonchev–Trinajstić information content (AvgIpc) is 3.11. The van der Waals surface area contributed by atoms with Crippen molar-refractivity contribution in [3.63, 3.8) is 0 Å². The summed E-state index contributed by atoms with van der Waals surface area (Å²) in [6.45, 7) is 0. The SMILES string of the molecule is Cn1ccnc1Sc1ccc(NC(=O)C(=O)NC2(c3ccccc3)CCC2)cc1. The van der Waals surface area contributed by atoms with Crippen molar-refractivity contribution in [2.75, 3.05) is 5.32 Å². The van der Waals surface area contributed by atoms with Crippen molar-refractivity contribution in [3.8, 4) is 0 Å². The van der Waals surface area contributed by atoms with E-state index in [-0.39, 0.29) is 0 Å². The van der Waals surface area contributed by atoms with Gasteiger partial charge in [-0.25, -0.2) is 4.98 Å². The fourth-order valence-corrected chi connectivity index (χ4v) is 4.20. The number of nitrogens with zero attached hydrogens (tertiary/aromatic N) is 2. The van der Waals surface area contributed by atoms with Crippen molar-refractivity contribution < 1.29 is 9.59 Å². The summed E-state index contributed by atoms with van der Waals surface area (Å²) in [5.41, 5.74) is 1.19. The van der Waals surface area contributed by atoms with Crippen LogP contribution in [0.25, 0.3) is 0 Å². The molecule has 1 aliphatic rings. The fraction of sp³-hybridized carbons (Fsp3) is 0.227. The molecule has 0 saturated heterocycles. The number of imidazole rings is 1. The predicted octanol–water partition coefficient (Wildman–Crippen LogP) is 3.71. The second kappa shape index (κ2) is 8.13. The third kappa shape index (κ3) is 4.19. The summed E-state index contributed by atoms with van der Waals surface area (Å²) in [6, 6.07) is 17.2. The number of hydrogen-bond acceptors (Lipinski definition) is 4. The molecule has 0 unspecified atom stereocenters. The zero-order valence-electron chi connectivity index (χ0n) is 16.1. The van der Waals surface area contributed by atoms with Gasteiger partial charge < -0.3 is 15.2 Å². The minimum Gasteiger partial charge on any atom is -0.338 e. The molecule has 2 N–H and O–H groups in total. The molecule has 0 spiro atoms. The lowest BCUT2D eigenvalue weighted by Gasteiger charge is -2.42. The molecule has 0 bridgehead atoms. The van der Waals surface area contributed by atoms with Gasteiger partial charge in [-0.15, -0.1) is 0 Å². The number of carbonyl (C=O) groups excluding carboxylic acids is 2. The van der Waals surface area contributed by atoms with Crippen LogP contribution in [-0.2, 0) is 22.2 Å². The van der Waals surface area contributed by atoms with Gasteiger partial charge in [0.25, 0.3) is 0 Å². The molecule has 2 amide bonds. The number of hydrogen-bond donors (Lipinski definition) is 2. The Morgan fingerprint density at radius 3 is 2.34 bits per heavy atom. The first-order chi connectivity index (χ1) is 14.1. The Hall–Kier alpha value is -3.06. The standard InChI is InChI=1S/C22H22N4O2S/c1-26-15-14-23-21(26)29-18-10-8-17(9-11-18)24-19(27)20(28)25-22(12-5-13-22)16-6-3-2-4-7-16/h2-4,6-11,14-15H,5,12-13H2,1H3,(H,24,27)(H,25,28). The van der Waals surface area contributed by atoms with Crippen LogP contribution in [-0.4, -0.2) is 21.4 Å². The van der Waals surface area contributed by atoms with Crippen LogP contribution in [0, 0.1) is 0 Å². The molecule has 1 heterocycles. The Morgan fingerprint density at radius 2 is 1.76 bits per heavy atom. The van der Waals surface area contributed by atoms with Gasteiger partial charge in [0.1, 0.15) is 0 Å². The van der Waals surface area contributed by atoms with Gasteiger partial charge in [-0.05, 0) is 49.1 Å². The predicted molar refractivity (Wildman–Crippen MR) is 113 cm³/mol. The van der Waals surface area contributed by atoms with Crippen LogP contribution < -0.4 is 10.6 Å². The summed E-state index contributed by atoms with van der Waals surface area (Å²) in [4.78, 5) is 30.2. The summed E-state index contributed by atoms with van der Waals surface area (Å²) >= 11 is 1.53. The van der Waals surface area contributed by atoms with E-state index in [1.54, 1.807) is 18.3 Å². The Labute approximate surface area is 173 Å². The molecular formula is C22H22N4O2S. The van der Waals surface area contributed by atoms with E-state index in [0.29, 0.717) is 5.69 Å². The van der Waals surface area contributed by atoms with Crippen molar-refractivity contribution in [1.29, 1.82) is 0 Å². The topological polar surface area (TPSA) is 76.0 Å². The molecule has 148 valence electrons. The van der Waals surface area contributed by atoms with E-state index < -0.39 is 17.4 Å². The summed E-state index contributed by atoms with van der Waals surface area (Å²) < 4.78 is 1.94. The Bertz CT molecular complexity index is 1010. The monoisotopic (exact) mass is 406 g/mol. The van der Waals surface area contributed by atoms with Gasteiger partial charge >= 0.3 is 11.8 Å². The highest BCUT2D eigenvalue weighted by Crippen LogP contribution is 2.41. The number of carbonyl (C=O) groups is 2. The summed E-state index contributed by atoms with van der Waals surface area (Å²) in [6.07, 6.45) is 6.36. The maximum absolute atomic E-state index is 12.5. The summed E-state index contributed by atoms with van der Waals surface area (Å²) in [7, 11) is 1.94. The van der Waals surface area contributed by atoms with Gasteiger partial charge in [-0.2, -0.15) is 0 Å². The number of aromatic nitrogens is 2. The third-order valence-electron chi connectivity index (χ3n) is 5.19. The molecule has 6 nitrogen and oxygen atoms in total. The summed E-state index contributed by atoms with van der Waals surface area (Å²) in [5.74, 6) is -1.27. The maximum atomic E-state index is 12.5. The zero-order chi connectivity index (χ0) is 20.3. The number of nitrogens with one attached hydrogen (secondary N) is 2. The van der Waals surface area contributed by atoms with Gasteiger partial charge in [0.15, 0.2) is 5.16 Å². The van der Waals surface area contributed by atoms with Gasteiger partial charge in [0.2, 0.25) is 0 Å². The quantitative estimate of drug-likeness (QED) is 0.634. The lowest BCUT2D eigenvalue weighted by atomic mass is 9.72. The van der Waals surface area contributed by atoms with Crippen molar-refractivity contribution in [1.82, 2.24) is 14.9 Å². The van der Waals surface area contributed by atoms with Crippen LogP contribution in [0.15, 0.2) is 77.0 Å². The van der Waals surface area contributed by atoms with Crippen molar-refractivity contribution in [2.45, 2.75) is 34.9 Å². The summed E-state index contributed by atoms with van der Waals surface area (Å²) in [5, 5.41) is 6.51. The second-order valence-corrected chi connectivity index (χ2v) is 8.20. The van der Waals surface area contributed by atoms with Crippen LogP contribution in [0.3, 0.4) is 0 Å². The molecule has 1 aromatic heterocycles. The third-order valence-corrected chi connectivity index (χ3v) is 6.27. The van der Waals surface area contributed by atoms with E-state index in [2.05, 4.69) is 15.6 Å². The highest BCUT2D eigenvalue weighted by Gasteiger charge is 2.41. The second-order valence-electron chi connectivity index (χ2n) is 7.16. The molecule has 1 saturated carbocycles. The van der Waals surface area contributed by atoms with Gasteiger partial charge in [-0.3, -0.25) is 9.59 Å². The van der Waals surface area contributed by atoms with Crippen LogP contribution in [0.1, 0.15) is 24.8 Å². The first-order valence-corrected chi connectivity index (χ1v) is 10.3. The molecule has 29 heavy (non-hydrogen) atoms. The molecule has 0 aliphatic heterocycles. The first-order valence-electron chi connectivity index (χ1n) is 9.50. The molecular weight excluding hydrogens is 384 g/mol. The van der Waals surface area contributed by atoms with E-state index >= 15 is 0 Å². The molecule has 7 heteroatoms. The first kappa shape index (κ1) is 19.3. The number of amides is 2. The average molecular weight is 407 g/mol. The highest BCUT2D eigenvalue weighted by molar-refractivity contribution is 7.99. The van der Waals surface area contributed by atoms with Crippen molar-refractivity contribution in [2.24, 2.45) is 7.05 Å². The van der Waals surface area contributed by atoms with Crippen LogP contribution in [0.2, 0.25) is 0 Å². The number of benzene rings is 2. The Morgan fingerprint density at radius 1 is 1.03 bits per heavy atom. The van der Waals surface area contributed by atoms with E-state index in [1.165, 1.54) is 11.8 Å². The highest BCUT2D eigenvalue weighted by atomic mass is 32.2. The smallest absolute Gasteiger partial charge is 0.313 e. The van der Waals surface area contributed by atoms with Crippen molar-refractivity contribution in [3.05, 3.63) is 72.6 Å². The van der Waals surface area contributed by atoms with Crippen LogP contribution in [0.4, 0.5) is 5.69 Å². The number of anilines is 1. The lowest BCUT2D eigenvalue weighted by Crippen LogP contribution is -2.53. The lowest BCUT2D eigenvalue weighted by molar-refractivity contribution is -0.138. The van der Waals surface area contributed by atoms with E-state index in [1.807, 2.05) is 60.3 Å². The number of rotatable bonds is 5. The van der Waals surface area contributed by atoms with Crippen LogP contribution in [0.5, 0.6) is 0 Å². The normalized spacial score (nSPS) is 14.7.